The molecule has 1 aromatic carbocycles. The number of carbonyl (C=O) groups excluding carboxylic acids is 3. The van der Waals surface area contributed by atoms with E-state index in [0.29, 0.717) is 18.5 Å². The molecule has 0 aliphatic carbocycles. The Bertz CT molecular complexity index is 614. The van der Waals surface area contributed by atoms with Crippen molar-refractivity contribution >= 4 is 33.7 Å². The fraction of sp³-hybridized carbons (Fsp3) is 0.357. The standard InChI is InChI=1S/C14H13BrN2O3/c15-9-1-2-10-8(7-9)5-6-17(14(10)20)11-3-4-12(18)16-13(11)19/h1-2,7,11H,3-6H2,(H,16,18,19). The number of piperidine rings is 1. The molecule has 1 saturated heterocycles. The zero-order valence-electron chi connectivity index (χ0n) is 10.7. The third kappa shape index (κ3) is 2.24. The number of benzene rings is 1. The smallest absolute Gasteiger partial charge is 0.254 e. The Labute approximate surface area is 124 Å². The first-order valence-electron chi connectivity index (χ1n) is 6.49. The van der Waals surface area contributed by atoms with E-state index in [0.717, 1.165) is 16.5 Å². The van der Waals surface area contributed by atoms with Crippen LogP contribution in [-0.4, -0.2) is 35.2 Å². The SMILES string of the molecule is O=C1CCC(N2CCc3cc(Br)ccc3C2=O)C(=O)N1. The van der Waals surface area contributed by atoms with Gasteiger partial charge in [-0.2, -0.15) is 0 Å². The van der Waals surface area contributed by atoms with Crippen LogP contribution in [-0.2, 0) is 16.0 Å². The van der Waals surface area contributed by atoms with Gasteiger partial charge >= 0.3 is 0 Å². The lowest BCUT2D eigenvalue weighted by Gasteiger charge is -2.36. The summed E-state index contributed by atoms with van der Waals surface area (Å²) in [6.07, 6.45) is 1.41. The van der Waals surface area contributed by atoms with Crippen LogP contribution in [0.5, 0.6) is 0 Å². The lowest BCUT2D eigenvalue weighted by Crippen LogP contribution is -2.55. The molecule has 1 fully saturated rings. The maximum atomic E-state index is 12.5. The van der Waals surface area contributed by atoms with Crippen molar-refractivity contribution in [3.05, 3.63) is 33.8 Å². The minimum Gasteiger partial charge on any atom is -0.326 e. The molecule has 0 spiro atoms. The normalized spacial score (nSPS) is 22.6. The first kappa shape index (κ1) is 13.3. The zero-order valence-corrected chi connectivity index (χ0v) is 12.3. The highest BCUT2D eigenvalue weighted by Gasteiger charge is 2.37. The van der Waals surface area contributed by atoms with Gasteiger partial charge in [0.05, 0.1) is 0 Å². The van der Waals surface area contributed by atoms with Gasteiger partial charge in [-0.05, 0) is 36.6 Å². The van der Waals surface area contributed by atoms with E-state index in [-0.39, 0.29) is 24.1 Å². The Balaban J connectivity index is 1.87. The van der Waals surface area contributed by atoms with Gasteiger partial charge in [0.25, 0.3) is 5.91 Å². The first-order valence-corrected chi connectivity index (χ1v) is 7.28. The summed E-state index contributed by atoms with van der Waals surface area (Å²) in [7, 11) is 0. The Kier molecular flexibility index (Phi) is 3.33. The highest BCUT2D eigenvalue weighted by atomic mass is 79.9. The number of hydrogen-bond acceptors (Lipinski definition) is 3. The second-order valence-corrected chi connectivity index (χ2v) is 5.93. The molecule has 0 radical (unpaired) electrons. The van der Waals surface area contributed by atoms with E-state index in [9.17, 15) is 14.4 Å². The van der Waals surface area contributed by atoms with E-state index in [1.165, 1.54) is 0 Å². The fourth-order valence-electron chi connectivity index (χ4n) is 2.75. The average Bonchev–Trinajstić information content (AvgIpc) is 2.40. The fourth-order valence-corrected chi connectivity index (χ4v) is 3.16. The van der Waals surface area contributed by atoms with Gasteiger partial charge in [0.1, 0.15) is 6.04 Å². The molecule has 0 bridgehead atoms. The van der Waals surface area contributed by atoms with Gasteiger partial charge in [-0.15, -0.1) is 0 Å². The Morgan fingerprint density at radius 2 is 2.00 bits per heavy atom. The summed E-state index contributed by atoms with van der Waals surface area (Å²) in [6.45, 7) is 0.508. The molecule has 1 aromatic rings. The van der Waals surface area contributed by atoms with Gasteiger partial charge in [0.2, 0.25) is 11.8 Å². The van der Waals surface area contributed by atoms with Gasteiger partial charge in [0, 0.05) is 23.0 Å². The molecule has 20 heavy (non-hydrogen) atoms. The van der Waals surface area contributed by atoms with Crippen LogP contribution in [0, 0.1) is 0 Å². The van der Waals surface area contributed by atoms with Crippen LogP contribution < -0.4 is 5.32 Å². The molecule has 0 saturated carbocycles. The Morgan fingerprint density at radius 1 is 1.20 bits per heavy atom. The van der Waals surface area contributed by atoms with Crippen molar-refractivity contribution in [3.8, 4) is 0 Å². The number of amides is 3. The number of rotatable bonds is 1. The van der Waals surface area contributed by atoms with Gasteiger partial charge in [0.15, 0.2) is 0 Å². The van der Waals surface area contributed by atoms with Crippen LogP contribution in [0.2, 0.25) is 0 Å². The van der Waals surface area contributed by atoms with E-state index < -0.39 is 6.04 Å². The molecule has 1 unspecified atom stereocenters. The van der Waals surface area contributed by atoms with Crippen molar-refractivity contribution in [2.45, 2.75) is 25.3 Å². The predicted molar refractivity (Wildman–Crippen MR) is 75.1 cm³/mol. The van der Waals surface area contributed by atoms with Crippen molar-refractivity contribution in [3.63, 3.8) is 0 Å². The third-order valence-corrected chi connectivity index (χ3v) is 4.26. The molecule has 2 aliphatic rings. The zero-order chi connectivity index (χ0) is 14.3. The predicted octanol–water partition coefficient (Wildman–Crippen LogP) is 1.25. The number of fused-ring (bicyclic) bond motifs is 1. The minimum atomic E-state index is -0.531. The lowest BCUT2D eigenvalue weighted by atomic mass is 9.95. The summed E-state index contributed by atoms with van der Waals surface area (Å²) in [6, 6.07) is 5.01. The molecule has 3 amide bonds. The van der Waals surface area contributed by atoms with Crippen LogP contribution in [0.3, 0.4) is 0 Å². The molecule has 3 rings (SSSR count). The van der Waals surface area contributed by atoms with Crippen LogP contribution in [0.15, 0.2) is 22.7 Å². The summed E-state index contributed by atoms with van der Waals surface area (Å²) in [5, 5.41) is 2.30. The van der Waals surface area contributed by atoms with E-state index in [4.69, 9.17) is 0 Å². The third-order valence-electron chi connectivity index (χ3n) is 3.77. The van der Waals surface area contributed by atoms with Crippen molar-refractivity contribution in [2.75, 3.05) is 6.54 Å². The maximum absolute atomic E-state index is 12.5. The van der Waals surface area contributed by atoms with E-state index in [2.05, 4.69) is 21.2 Å². The Morgan fingerprint density at radius 3 is 2.75 bits per heavy atom. The van der Waals surface area contributed by atoms with Crippen molar-refractivity contribution in [1.29, 1.82) is 0 Å². The quantitative estimate of drug-likeness (QED) is 0.785. The lowest BCUT2D eigenvalue weighted by molar-refractivity contribution is -0.136. The highest BCUT2D eigenvalue weighted by molar-refractivity contribution is 9.10. The van der Waals surface area contributed by atoms with Crippen molar-refractivity contribution < 1.29 is 14.4 Å². The monoisotopic (exact) mass is 336 g/mol. The summed E-state index contributed by atoms with van der Waals surface area (Å²) < 4.78 is 0.943. The molecule has 1 N–H and O–H groups in total. The number of imide groups is 1. The first-order chi connectivity index (χ1) is 9.56. The van der Waals surface area contributed by atoms with E-state index >= 15 is 0 Å². The molecule has 6 heteroatoms. The maximum Gasteiger partial charge on any atom is 0.254 e. The second kappa shape index (κ2) is 5.01. The molecule has 0 aromatic heterocycles. The van der Waals surface area contributed by atoms with Crippen LogP contribution in [0.25, 0.3) is 0 Å². The molecule has 1 atom stereocenters. The topological polar surface area (TPSA) is 66.5 Å². The van der Waals surface area contributed by atoms with E-state index in [1.807, 2.05) is 12.1 Å². The van der Waals surface area contributed by atoms with Gasteiger partial charge in [-0.3, -0.25) is 19.7 Å². The summed E-state index contributed by atoms with van der Waals surface area (Å²) in [5.74, 6) is -0.761. The highest BCUT2D eigenvalue weighted by Crippen LogP contribution is 2.25. The van der Waals surface area contributed by atoms with Crippen molar-refractivity contribution in [1.82, 2.24) is 10.2 Å². The van der Waals surface area contributed by atoms with Crippen molar-refractivity contribution in [2.24, 2.45) is 0 Å². The second-order valence-electron chi connectivity index (χ2n) is 5.02. The van der Waals surface area contributed by atoms with Gasteiger partial charge in [-0.25, -0.2) is 0 Å². The molecule has 104 valence electrons. The number of hydrogen-bond donors (Lipinski definition) is 1. The van der Waals surface area contributed by atoms with E-state index in [1.54, 1.807) is 11.0 Å². The molecular weight excluding hydrogens is 324 g/mol. The summed E-state index contributed by atoms with van der Waals surface area (Å²) >= 11 is 3.39. The van der Waals surface area contributed by atoms with Crippen LogP contribution >= 0.6 is 15.9 Å². The molecule has 2 heterocycles. The Hall–Kier alpha value is -1.69. The summed E-state index contributed by atoms with van der Waals surface area (Å²) in [4.78, 5) is 37.1. The summed E-state index contributed by atoms with van der Waals surface area (Å²) in [5.41, 5.74) is 1.64. The number of carbonyl (C=O) groups is 3. The van der Waals surface area contributed by atoms with Crippen LogP contribution in [0.4, 0.5) is 0 Å². The largest absolute Gasteiger partial charge is 0.326 e. The molecular formula is C14H13BrN2O3. The number of nitrogens with one attached hydrogen (secondary N) is 1. The number of nitrogens with zero attached hydrogens (tertiary/aromatic N) is 1. The average molecular weight is 337 g/mol. The minimum absolute atomic E-state index is 0.131. The van der Waals surface area contributed by atoms with Gasteiger partial charge < -0.3 is 4.90 Å². The molecule has 5 nitrogen and oxygen atoms in total. The van der Waals surface area contributed by atoms with Gasteiger partial charge in [-0.1, -0.05) is 15.9 Å². The molecule has 2 aliphatic heterocycles. The van der Waals surface area contributed by atoms with Crippen LogP contribution in [0.1, 0.15) is 28.8 Å². The number of halogens is 1.